The first-order valence-corrected chi connectivity index (χ1v) is 6.62. The van der Waals surface area contributed by atoms with Gasteiger partial charge in [-0.3, -0.25) is 4.79 Å². The van der Waals surface area contributed by atoms with E-state index in [-0.39, 0.29) is 11.7 Å². The number of Topliss-reactive ketones (excluding diaryl/α,β-unsaturated/α-hetero) is 1. The number of rotatable bonds is 2. The van der Waals surface area contributed by atoms with Gasteiger partial charge in [0.15, 0.2) is 5.78 Å². The van der Waals surface area contributed by atoms with Crippen LogP contribution in [0, 0.1) is 0 Å². The fourth-order valence-electron chi connectivity index (χ4n) is 2.43. The SMILES string of the molecule is CN(C)/C=C1\CCCC(c2ccc(Cl)cc2)C1=O. The van der Waals surface area contributed by atoms with E-state index in [2.05, 4.69) is 0 Å². The van der Waals surface area contributed by atoms with Crippen LogP contribution in [0.15, 0.2) is 36.0 Å². The number of hydrogen-bond acceptors (Lipinski definition) is 2. The molecule has 0 amide bonds. The molecule has 3 heteroatoms. The molecule has 2 nitrogen and oxygen atoms in total. The predicted molar refractivity (Wildman–Crippen MR) is 74.8 cm³/mol. The summed E-state index contributed by atoms with van der Waals surface area (Å²) in [6, 6.07) is 7.63. The summed E-state index contributed by atoms with van der Waals surface area (Å²) in [7, 11) is 3.90. The molecule has 2 rings (SSSR count). The molecule has 1 unspecified atom stereocenters. The second-order valence-corrected chi connectivity index (χ2v) is 5.42. The van der Waals surface area contributed by atoms with Gasteiger partial charge in [-0.05, 0) is 37.0 Å². The Balaban J connectivity index is 2.23. The van der Waals surface area contributed by atoms with Crippen LogP contribution in [0.25, 0.3) is 0 Å². The Kier molecular flexibility index (Phi) is 4.07. The average molecular weight is 264 g/mol. The Morgan fingerprint density at radius 1 is 1.28 bits per heavy atom. The highest BCUT2D eigenvalue weighted by molar-refractivity contribution is 6.30. The lowest BCUT2D eigenvalue weighted by Gasteiger charge is -2.24. The van der Waals surface area contributed by atoms with Gasteiger partial charge in [0, 0.05) is 36.8 Å². The third kappa shape index (κ3) is 2.94. The summed E-state index contributed by atoms with van der Waals surface area (Å²) in [5.41, 5.74) is 2.01. The molecule has 0 N–H and O–H groups in total. The maximum Gasteiger partial charge on any atom is 0.167 e. The standard InChI is InChI=1S/C15H18ClNO/c1-17(2)10-12-4-3-5-14(15(12)18)11-6-8-13(16)9-7-11/h6-10,14H,3-5H2,1-2H3/b12-10+. The van der Waals surface area contributed by atoms with Crippen LogP contribution in [0.5, 0.6) is 0 Å². The minimum Gasteiger partial charge on any atom is -0.383 e. The highest BCUT2D eigenvalue weighted by Crippen LogP contribution is 2.33. The van der Waals surface area contributed by atoms with E-state index in [0.717, 1.165) is 30.4 Å². The van der Waals surface area contributed by atoms with Gasteiger partial charge in [0.05, 0.1) is 0 Å². The van der Waals surface area contributed by atoms with Gasteiger partial charge < -0.3 is 4.90 Å². The van der Waals surface area contributed by atoms with E-state index in [1.54, 1.807) is 0 Å². The third-order valence-corrected chi connectivity index (χ3v) is 3.51. The number of hydrogen-bond donors (Lipinski definition) is 0. The second-order valence-electron chi connectivity index (χ2n) is 4.98. The van der Waals surface area contributed by atoms with E-state index < -0.39 is 0 Å². The summed E-state index contributed by atoms with van der Waals surface area (Å²) in [6.07, 6.45) is 4.84. The van der Waals surface area contributed by atoms with Gasteiger partial charge in [0.25, 0.3) is 0 Å². The molecule has 18 heavy (non-hydrogen) atoms. The lowest BCUT2D eigenvalue weighted by atomic mass is 9.80. The first-order chi connectivity index (χ1) is 8.58. The van der Waals surface area contributed by atoms with Crippen molar-refractivity contribution in [2.75, 3.05) is 14.1 Å². The molecule has 0 saturated heterocycles. The Bertz CT molecular complexity index is 462. The topological polar surface area (TPSA) is 20.3 Å². The monoisotopic (exact) mass is 263 g/mol. The summed E-state index contributed by atoms with van der Waals surface area (Å²) < 4.78 is 0. The van der Waals surface area contributed by atoms with Crippen molar-refractivity contribution in [2.45, 2.75) is 25.2 Å². The molecule has 0 aromatic heterocycles. The van der Waals surface area contributed by atoms with Crippen LogP contribution in [-0.4, -0.2) is 24.8 Å². The molecular weight excluding hydrogens is 246 g/mol. The highest BCUT2D eigenvalue weighted by atomic mass is 35.5. The minimum absolute atomic E-state index is 0.00205. The summed E-state index contributed by atoms with van der Waals surface area (Å²) in [5.74, 6) is 0.263. The van der Waals surface area contributed by atoms with Crippen molar-refractivity contribution in [3.8, 4) is 0 Å². The highest BCUT2D eigenvalue weighted by Gasteiger charge is 2.27. The number of allylic oxidation sites excluding steroid dienone is 1. The second kappa shape index (κ2) is 5.57. The molecule has 0 bridgehead atoms. The number of ketones is 1. The minimum atomic E-state index is 0.00205. The van der Waals surface area contributed by atoms with Crippen LogP contribution in [0.1, 0.15) is 30.7 Å². The molecule has 1 aromatic carbocycles. The van der Waals surface area contributed by atoms with Crippen molar-refractivity contribution < 1.29 is 4.79 Å². The molecule has 0 radical (unpaired) electrons. The van der Waals surface area contributed by atoms with Gasteiger partial charge in [-0.1, -0.05) is 23.7 Å². The molecule has 1 aromatic rings. The molecule has 0 aliphatic heterocycles. The molecule has 1 atom stereocenters. The molecule has 1 fully saturated rings. The Morgan fingerprint density at radius 3 is 2.56 bits per heavy atom. The van der Waals surface area contributed by atoms with Crippen molar-refractivity contribution in [1.82, 2.24) is 4.90 Å². The number of carbonyl (C=O) groups excluding carboxylic acids is 1. The zero-order valence-corrected chi connectivity index (χ0v) is 11.6. The zero-order valence-electron chi connectivity index (χ0n) is 10.8. The molecular formula is C15H18ClNO. The Hall–Kier alpha value is -1.28. The fourth-order valence-corrected chi connectivity index (χ4v) is 2.55. The van der Waals surface area contributed by atoms with Crippen LogP contribution >= 0.6 is 11.6 Å². The number of halogens is 1. The molecule has 1 aliphatic carbocycles. The van der Waals surface area contributed by atoms with E-state index in [1.807, 2.05) is 49.5 Å². The third-order valence-electron chi connectivity index (χ3n) is 3.26. The predicted octanol–water partition coefficient (Wildman–Crippen LogP) is 3.62. The molecule has 1 saturated carbocycles. The zero-order chi connectivity index (χ0) is 13.1. The Labute approximate surface area is 113 Å². The maximum absolute atomic E-state index is 12.4. The van der Waals surface area contributed by atoms with Crippen LogP contribution in [-0.2, 0) is 4.79 Å². The van der Waals surface area contributed by atoms with Crippen molar-refractivity contribution in [2.24, 2.45) is 0 Å². The van der Waals surface area contributed by atoms with Gasteiger partial charge >= 0.3 is 0 Å². The summed E-state index contributed by atoms with van der Waals surface area (Å²) in [6.45, 7) is 0. The van der Waals surface area contributed by atoms with Crippen molar-refractivity contribution in [3.63, 3.8) is 0 Å². The van der Waals surface area contributed by atoms with Gasteiger partial charge in [0.2, 0.25) is 0 Å². The number of carbonyl (C=O) groups is 1. The summed E-state index contributed by atoms with van der Waals surface area (Å²) >= 11 is 5.88. The van der Waals surface area contributed by atoms with E-state index in [9.17, 15) is 4.79 Å². The van der Waals surface area contributed by atoms with E-state index >= 15 is 0 Å². The fraction of sp³-hybridized carbons (Fsp3) is 0.400. The quantitative estimate of drug-likeness (QED) is 0.760. The first-order valence-electron chi connectivity index (χ1n) is 6.24. The molecule has 0 spiro atoms. The normalized spacial score (nSPS) is 22.3. The largest absolute Gasteiger partial charge is 0.383 e. The van der Waals surface area contributed by atoms with Crippen molar-refractivity contribution >= 4 is 17.4 Å². The van der Waals surface area contributed by atoms with Crippen LogP contribution in [0.3, 0.4) is 0 Å². The van der Waals surface area contributed by atoms with Crippen LogP contribution < -0.4 is 0 Å². The maximum atomic E-state index is 12.4. The summed E-state index contributed by atoms with van der Waals surface area (Å²) in [4.78, 5) is 14.4. The van der Waals surface area contributed by atoms with Crippen LogP contribution in [0.2, 0.25) is 5.02 Å². The Morgan fingerprint density at radius 2 is 1.94 bits per heavy atom. The lowest BCUT2D eigenvalue weighted by molar-refractivity contribution is -0.118. The van der Waals surface area contributed by atoms with E-state index in [1.165, 1.54) is 0 Å². The van der Waals surface area contributed by atoms with Crippen molar-refractivity contribution in [3.05, 3.63) is 46.6 Å². The van der Waals surface area contributed by atoms with E-state index in [4.69, 9.17) is 11.6 Å². The van der Waals surface area contributed by atoms with Gasteiger partial charge in [-0.25, -0.2) is 0 Å². The average Bonchev–Trinajstić information content (AvgIpc) is 2.33. The first kappa shape index (κ1) is 13.2. The smallest absolute Gasteiger partial charge is 0.167 e. The van der Waals surface area contributed by atoms with E-state index in [0.29, 0.717) is 5.02 Å². The lowest BCUT2D eigenvalue weighted by Crippen LogP contribution is -2.21. The number of benzene rings is 1. The molecule has 0 heterocycles. The molecule has 1 aliphatic rings. The van der Waals surface area contributed by atoms with Gasteiger partial charge in [0.1, 0.15) is 0 Å². The van der Waals surface area contributed by atoms with Gasteiger partial charge in [-0.2, -0.15) is 0 Å². The van der Waals surface area contributed by atoms with Crippen molar-refractivity contribution in [1.29, 1.82) is 0 Å². The summed E-state index contributed by atoms with van der Waals surface area (Å²) in [5, 5.41) is 0.714. The van der Waals surface area contributed by atoms with Crippen LogP contribution in [0.4, 0.5) is 0 Å². The molecule has 96 valence electrons. The van der Waals surface area contributed by atoms with Gasteiger partial charge in [-0.15, -0.1) is 0 Å². The number of nitrogens with zero attached hydrogens (tertiary/aromatic N) is 1.